The Balaban J connectivity index is 2.10. The zero-order valence-corrected chi connectivity index (χ0v) is 13.9. The largest absolute Gasteiger partial charge is 0.341 e. The molecule has 9 heteroatoms. The van der Waals surface area contributed by atoms with Crippen LogP contribution in [0.25, 0.3) is 0 Å². The van der Waals surface area contributed by atoms with Crippen LogP contribution in [0, 0.1) is 5.82 Å². The molecule has 0 fully saturated rings. The Labute approximate surface area is 139 Å². The highest BCUT2D eigenvalue weighted by molar-refractivity contribution is 7.84. The van der Waals surface area contributed by atoms with Crippen molar-refractivity contribution in [2.75, 3.05) is 29.8 Å². The lowest BCUT2D eigenvalue weighted by Crippen LogP contribution is -2.46. The third-order valence-electron chi connectivity index (χ3n) is 3.40. The van der Waals surface area contributed by atoms with Crippen LogP contribution in [0.4, 0.5) is 15.9 Å². The van der Waals surface area contributed by atoms with Gasteiger partial charge in [0.05, 0.1) is 22.5 Å². The van der Waals surface area contributed by atoms with Crippen molar-refractivity contribution in [2.24, 2.45) is 0 Å². The van der Waals surface area contributed by atoms with E-state index in [4.69, 9.17) is 11.6 Å². The van der Waals surface area contributed by atoms with Gasteiger partial charge in [-0.15, -0.1) is 0 Å². The third-order valence-corrected chi connectivity index (χ3v) is 4.42. The maximum Gasteiger partial charge on any atom is 0.265 e. The summed E-state index contributed by atoms with van der Waals surface area (Å²) in [5.41, 5.74) is 0.215. The second-order valence-electron chi connectivity index (χ2n) is 4.99. The average molecular weight is 355 g/mol. The van der Waals surface area contributed by atoms with E-state index in [1.54, 1.807) is 11.9 Å². The molecule has 1 aromatic carbocycles. The van der Waals surface area contributed by atoms with E-state index in [1.807, 2.05) is 0 Å². The number of rotatable bonds is 2. The van der Waals surface area contributed by atoms with Gasteiger partial charge in [-0.3, -0.25) is 13.9 Å². The normalized spacial score (nSPS) is 15.6. The van der Waals surface area contributed by atoms with E-state index in [1.165, 1.54) is 35.6 Å². The van der Waals surface area contributed by atoms with Gasteiger partial charge in [0.15, 0.2) is 0 Å². The zero-order valence-electron chi connectivity index (χ0n) is 12.3. The van der Waals surface area contributed by atoms with E-state index in [9.17, 15) is 13.4 Å². The molecule has 2 heterocycles. The van der Waals surface area contributed by atoms with Crippen LogP contribution in [0.15, 0.2) is 29.6 Å². The van der Waals surface area contributed by atoms with Crippen LogP contribution < -0.4 is 9.80 Å². The van der Waals surface area contributed by atoms with Crippen molar-refractivity contribution >= 4 is 39.8 Å². The number of aromatic nitrogens is 2. The molecule has 1 atom stereocenters. The standard InChI is InChI=1S/C14H12ClFN4O2S/c1-19-7-20(11-9(15)4-3-5-10(11)16)13(21)8-6-17-14(23(2)22)18-12(8)19/h3-6H,7H2,1-2H3. The van der Waals surface area contributed by atoms with Gasteiger partial charge in [0.1, 0.15) is 22.9 Å². The smallest absolute Gasteiger partial charge is 0.265 e. The van der Waals surface area contributed by atoms with Crippen molar-refractivity contribution in [3.8, 4) is 0 Å². The number of carbonyl (C=O) groups excluding carboxylic acids is 1. The summed E-state index contributed by atoms with van der Waals surface area (Å²) >= 11 is 6.05. The summed E-state index contributed by atoms with van der Waals surface area (Å²) in [5, 5.41) is 0.281. The van der Waals surface area contributed by atoms with E-state index >= 15 is 0 Å². The maximum atomic E-state index is 14.1. The molecule has 1 aromatic heterocycles. The minimum absolute atomic E-state index is 0.0137. The van der Waals surface area contributed by atoms with E-state index in [-0.39, 0.29) is 28.1 Å². The highest BCUT2D eigenvalue weighted by atomic mass is 35.5. The van der Waals surface area contributed by atoms with Crippen molar-refractivity contribution in [2.45, 2.75) is 5.16 Å². The van der Waals surface area contributed by atoms with Gasteiger partial charge >= 0.3 is 0 Å². The summed E-state index contributed by atoms with van der Waals surface area (Å²) in [6.45, 7) is 0.0687. The van der Waals surface area contributed by atoms with Crippen LogP contribution in [-0.4, -0.2) is 40.1 Å². The topological polar surface area (TPSA) is 66.4 Å². The van der Waals surface area contributed by atoms with E-state index < -0.39 is 22.5 Å². The summed E-state index contributed by atoms with van der Waals surface area (Å²) in [5.74, 6) is -0.688. The average Bonchev–Trinajstić information content (AvgIpc) is 2.51. The van der Waals surface area contributed by atoms with E-state index in [2.05, 4.69) is 9.97 Å². The van der Waals surface area contributed by atoms with Gasteiger partial charge in [-0.2, -0.15) is 0 Å². The summed E-state index contributed by atoms with van der Waals surface area (Å²) < 4.78 is 25.6. The Kier molecular flexibility index (Phi) is 4.03. The second-order valence-corrected chi connectivity index (χ2v) is 6.67. The number of fused-ring (bicyclic) bond motifs is 1. The Morgan fingerprint density at radius 2 is 2.13 bits per heavy atom. The Bertz CT molecular complexity index is 812. The van der Waals surface area contributed by atoms with Gasteiger partial charge in [-0.05, 0) is 12.1 Å². The number of hydrogen-bond acceptors (Lipinski definition) is 5. The van der Waals surface area contributed by atoms with E-state index in [0.717, 1.165) is 0 Å². The first-order valence-electron chi connectivity index (χ1n) is 6.57. The molecule has 1 aliphatic heterocycles. The number of para-hydroxylation sites is 1. The predicted molar refractivity (Wildman–Crippen MR) is 85.9 cm³/mol. The fourth-order valence-electron chi connectivity index (χ4n) is 2.35. The lowest BCUT2D eigenvalue weighted by Gasteiger charge is -2.35. The van der Waals surface area contributed by atoms with Crippen molar-refractivity contribution in [3.05, 3.63) is 40.8 Å². The molecule has 0 bridgehead atoms. The van der Waals surface area contributed by atoms with Gasteiger partial charge in [0.2, 0.25) is 5.16 Å². The molecule has 1 aliphatic rings. The van der Waals surface area contributed by atoms with Gasteiger partial charge in [-0.25, -0.2) is 14.4 Å². The highest BCUT2D eigenvalue weighted by Crippen LogP contribution is 2.34. The van der Waals surface area contributed by atoms with E-state index in [0.29, 0.717) is 5.82 Å². The van der Waals surface area contributed by atoms with Crippen LogP contribution >= 0.6 is 11.6 Å². The van der Waals surface area contributed by atoms with Crippen LogP contribution in [0.1, 0.15) is 10.4 Å². The number of nitrogens with zero attached hydrogens (tertiary/aromatic N) is 4. The Hall–Kier alpha value is -2.06. The quantitative estimate of drug-likeness (QED) is 0.772. The molecule has 0 radical (unpaired) electrons. The number of benzene rings is 1. The molecule has 6 nitrogen and oxygen atoms in total. The molecular weight excluding hydrogens is 343 g/mol. The zero-order chi connectivity index (χ0) is 16.7. The van der Waals surface area contributed by atoms with Crippen molar-refractivity contribution in [3.63, 3.8) is 0 Å². The summed E-state index contributed by atoms with van der Waals surface area (Å²) in [6.07, 6.45) is 2.76. The summed E-state index contributed by atoms with van der Waals surface area (Å²) in [7, 11) is 0.337. The molecule has 0 saturated heterocycles. The fraction of sp³-hybridized carbons (Fsp3) is 0.214. The first-order chi connectivity index (χ1) is 10.9. The number of anilines is 2. The molecule has 2 aromatic rings. The molecule has 120 valence electrons. The SMILES string of the molecule is CN1CN(c2c(F)cccc2Cl)C(=O)c2cnc(S(C)=O)nc21. The first kappa shape index (κ1) is 15.8. The Morgan fingerprint density at radius 3 is 2.78 bits per heavy atom. The third kappa shape index (κ3) is 2.68. The molecule has 0 spiro atoms. The summed E-state index contributed by atoms with van der Waals surface area (Å²) in [6, 6.07) is 4.23. The lowest BCUT2D eigenvalue weighted by molar-refractivity contribution is 0.0980. The number of hydrogen-bond donors (Lipinski definition) is 0. The van der Waals surface area contributed by atoms with Gasteiger partial charge in [-0.1, -0.05) is 17.7 Å². The van der Waals surface area contributed by atoms with Crippen LogP contribution in [-0.2, 0) is 10.8 Å². The molecule has 0 saturated carbocycles. The lowest BCUT2D eigenvalue weighted by atomic mass is 10.2. The molecular formula is C14H12ClFN4O2S. The molecule has 0 N–H and O–H groups in total. The molecule has 0 aliphatic carbocycles. The molecule has 23 heavy (non-hydrogen) atoms. The van der Waals surface area contributed by atoms with Gasteiger partial charge < -0.3 is 4.90 Å². The molecule has 1 unspecified atom stereocenters. The summed E-state index contributed by atoms with van der Waals surface area (Å²) in [4.78, 5) is 23.6. The minimum Gasteiger partial charge on any atom is -0.341 e. The van der Waals surface area contributed by atoms with Crippen molar-refractivity contribution in [1.82, 2.24) is 9.97 Å². The highest BCUT2D eigenvalue weighted by Gasteiger charge is 2.33. The predicted octanol–water partition coefficient (Wildman–Crippen LogP) is 2.06. The molecule has 1 amide bonds. The first-order valence-corrected chi connectivity index (χ1v) is 8.51. The maximum absolute atomic E-state index is 14.1. The van der Waals surface area contributed by atoms with Crippen molar-refractivity contribution in [1.29, 1.82) is 0 Å². The van der Waals surface area contributed by atoms with Crippen LogP contribution in [0.3, 0.4) is 0 Å². The second kappa shape index (κ2) is 5.86. The van der Waals surface area contributed by atoms with Gasteiger partial charge in [0, 0.05) is 19.5 Å². The monoisotopic (exact) mass is 354 g/mol. The van der Waals surface area contributed by atoms with Gasteiger partial charge in [0.25, 0.3) is 5.91 Å². The number of halogens is 2. The molecule has 3 rings (SSSR count). The minimum atomic E-state index is -1.36. The Morgan fingerprint density at radius 1 is 1.39 bits per heavy atom. The number of amides is 1. The van der Waals surface area contributed by atoms with Crippen molar-refractivity contribution < 1.29 is 13.4 Å². The fourth-order valence-corrected chi connectivity index (χ4v) is 3.03. The van der Waals surface area contributed by atoms with Crippen LogP contribution in [0.5, 0.6) is 0 Å². The number of carbonyl (C=O) groups is 1. The van der Waals surface area contributed by atoms with Crippen LogP contribution in [0.2, 0.25) is 5.02 Å².